The average molecular weight is 283 g/mol. The van der Waals surface area contributed by atoms with Crippen LogP contribution in [-0.2, 0) is 9.59 Å². The highest BCUT2D eigenvalue weighted by Gasteiger charge is 2.31. The number of hydrogen-bond acceptors (Lipinski definition) is 3. The zero-order chi connectivity index (χ0) is 11.9. The van der Waals surface area contributed by atoms with Crippen LogP contribution in [0.4, 0.5) is 11.4 Å². The van der Waals surface area contributed by atoms with E-state index in [0.717, 1.165) is 5.56 Å². The van der Waals surface area contributed by atoms with Gasteiger partial charge in [0, 0.05) is 23.0 Å². The number of halogens is 1. The van der Waals surface area contributed by atoms with Crippen molar-refractivity contribution in [2.24, 2.45) is 0 Å². The van der Waals surface area contributed by atoms with E-state index < -0.39 is 0 Å². The number of anilines is 2. The van der Waals surface area contributed by atoms with E-state index in [-0.39, 0.29) is 24.7 Å². The molecule has 0 aliphatic carbocycles. The first-order valence-electron chi connectivity index (χ1n) is 4.92. The highest BCUT2D eigenvalue weighted by atomic mass is 79.9. The molecule has 1 aliphatic heterocycles. The maximum Gasteiger partial charge on any atom is 0.234 e. The summed E-state index contributed by atoms with van der Waals surface area (Å²) in [5.41, 5.74) is 7.80. The predicted molar refractivity (Wildman–Crippen MR) is 65.0 cm³/mol. The molecule has 1 aromatic carbocycles. The Morgan fingerprint density at radius 3 is 2.38 bits per heavy atom. The SMILES string of the molecule is Cc1cc(Br)c(N2C(=O)CCC2=O)cc1N. The van der Waals surface area contributed by atoms with Crippen LogP contribution >= 0.6 is 15.9 Å². The molecule has 0 unspecified atom stereocenters. The molecule has 84 valence electrons. The summed E-state index contributed by atoms with van der Waals surface area (Å²) in [6.07, 6.45) is 0.554. The molecule has 2 amide bonds. The fraction of sp³-hybridized carbons (Fsp3) is 0.273. The van der Waals surface area contributed by atoms with Gasteiger partial charge in [-0.15, -0.1) is 0 Å². The second-order valence-electron chi connectivity index (χ2n) is 3.78. The average Bonchev–Trinajstić information content (AvgIpc) is 2.53. The summed E-state index contributed by atoms with van der Waals surface area (Å²) < 4.78 is 0.711. The zero-order valence-corrected chi connectivity index (χ0v) is 10.4. The molecule has 2 rings (SSSR count). The van der Waals surface area contributed by atoms with Gasteiger partial charge in [0.1, 0.15) is 0 Å². The lowest BCUT2D eigenvalue weighted by molar-refractivity contribution is -0.121. The van der Waals surface area contributed by atoms with Gasteiger partial charge in [0.05, 0.1) is 5.69 Å². The van der Waals surface area contributed by atoms with Gasteiger partial charge in [-0.05, 0) is 40.5 Å². The van der Waals surface area contributed by atoms with E-state index in [0.29, 0.717) is 15.8 Å². The summed E-state index contributed by atoms with van der Waals surface area (Å²) in [5.74, 6) is -0.345. The normalized spacial score (nSPS) is 16.0. The molecule has 0 aromatic heterocycles. The van der Waals surface area contributed by atoms with Crippen LogP contribution in [0.5, 0.6) is 0 Å². The van der Waals surface area contributed by atoms with Gasteiger partial charge in [0.15, 0.2) is 0 Å². The van der Waals surface area contributed by atoms with Crippen molar-refractivity contribution in [3.8, 4) is 0 Å². The van der Waals surface area contributed by atoms with E-state index in [1.807, 2.05) is 13.0 Å². The van der Waals surface area contributed by atoms with Crippen molar-refractivity contribution < 1.29 is 9.59 Å². The molecule has 1 aliphatic rings. The molecule has 0 radical (unpaired) electrons. The van der Waals surface area contributed by atoms with Gasteiger partial charge < -0.3 is 5.73 Å². The third-order valence-electron chi connectivity index (χ3n) is 2.63. The van der Waals surface area contributed by atoms with Gasteiger partial charge in [-0.25, -0.2) is 4.90 Å². The Morgan fingerprint density at radius 2 is 1.81 bits per heavy atom. The zero-order valence-electron chi connectivity index (χ0n) is 8.79. The van der Waals surface area contributed by atoms with Gasteiger partial charge in [-0.2, -0.15) is 0 Å². The minimum atomic E-state index is -0.172. The summed E-state index contributed by atoms with van der Waals surface area (Å²) in [6.45, 7) is 1.87. The number of aryl methyl sites for hydroxylation is 1. The van der Waals surface area contributed by atoms with Gasteiger partial charge >= 0.3 is 0 Å². The molecule has 1 fully saturated rings. The maximum atomic E-state index is 11.6. The van der Waals surface area contributed by atoms with Gasteiger partial charge in [-0.3, -0.25) is 9.59 Å². The van der Waals surface area contributed by atoms with E-state index in [1.54, 1.807) is 6.07 Å². The van der Waals surface area contributed by atoms with Gasteiger partial charge in [0.2, 0.25) is 11.8 Å². The number of amides is 2. The number of hydrogen-bond donors (Lipinski definition) is 1. The minimum Gasteiger partial charge on any atom is -0.398 e. The number of benzene rings is 1. The van der Waals surface area contributed by atoms with Crippen LogP contribution in [0.1, 0.15) is 18.4 Å². The summed E-state index contributed by atoms with van der Waals surface area (Å²) in [5, 5.41) is 0. The lowest BCUT2D eigenvalue weighted by Gasteiger charge is -2.17. The van der Waals surface area contributed by atoms with E-state index in [9.17, 15) is 9.59 Å². The number of nitrogens with zero attached hydrogens (tertiary/aromatic N) is 1. The molecule has 2 N–H and O–H groups in total. The summed E-state index contributed by atoms with van der Waals surface area (Å²) in [7, 11) is 0. The number of imide groups is 1. The molecule has 4 nitrogen and oxygen atoms in total. The Labute approximate surface area is 102 Å². The quantitative estimate of drug-likeness (QED) is 0.633. The van der Waals surface area contributed by atoms with Crippen molar-refractivity contribution in [1.82, 2.24) is 0 Å². The Kier molecular flexibility index (Phi) is 2.71. The highest BCUT2D eigenvalue weighted by Crippen LogP contribution is 2.33. The summed E-state index contributed by atoms with van der Waals surface area (Å²) in [4.78, 5) is 24.3. The molecule has 5 heteroatoms. The summed E-state index contributed by atoms with van der Waals surface area (Å²) in [6, 6.07) is 3.46. The molecule has 1 saturated heterocycles. The van der Waals surface area contributed by atoms with E-state index in [2.05, 4.69) is 15.9 Å². The Hall–Kier alpha value is -1.36. The smallest absolute Gasteiger partial charge is 0.234 e. The monoisotopic (exact) mass is 282 g/mol. The molecule has 0 saturated carbocycles. The van der Waals surface area contributed by atoms with Crippen LogP contribution < -0.4 is 10.6 Å². The van der Waals surface area contributed by atoms with Gasteiger partial charge in [-0.1, -0.05) is 0 Å². The second kappa shape index (κ2) is 3.90. The minimum absolute atomic E-state index is 0.172. The fourth-order valence-corrected chi connectivity index (χ4v) is 2.33. The first-order chi connectivity index (χ1) is 7.50. The summed E-state index contributed by atoms with van der Waals surface area (Å²) >= 11 is 3.34. The molecule has 0 bridgehead atoms. The van der Waals surface area contributed by atoms with Crippen molar-refractivity contribution in [2.45, 2.75) is 19.8 Å². The molecule has 1 heterocycles. The van der Waals surface area contributed by atoms with Crippen molar-refractivity contribution in [1.29, 1.82) is 0 Å². The largest absolute Gasteiger partial charge is 0.398 e. The Bertz CT molecular complexity index is 469. The first kappa shape index (κ1) is 11.1. The second-order valence-corrected chi connectivity index (χ2v) is 4.64. The van der Waals surface area contributed by atoms with Crippen LogP contribution in [0.2, 0.25) is 0 Å². The number of nitrogens with two attached hydrogens (primary N) is 1. The molecule has 0 atom stereocenters. The maximum absolute atomic E-state index is 11.6. The van der Waals surface area contributed by atoms with Crippen LogP contribution in [0.15, 0.2) is 16.6 Å². The molecular weight excluding hydrogens is 272 g/mol. The predicted octanol–water partition coefficient (Wildman–Crippen LogP) is 1.99. The molecular formula is C11H11BrN2O2. The van der Waals surface area contributed by atoms with Crippen molar-refractivity contribution in [2.75, 3.05) is 10.6 Å². The van der Waals surface area contributed by atoms with Crippen LogP contribution in [-0.4, -0.2) is 11.8 Å². The number of carbonyl (C=O) groups excluding carboxylic acids is 2. The number of nitrogen functional groups attached to an aromatic ring is 1. The van der Waals surface area contributed by atoms with Crippen LogP contribution in [0.3, 0.4) is 0 Å². The highest BCUT2D eigenvalue weighted by molar-refractivity contribution is 9.10. The number of carbonyl (C=O) groups is 2. The van der Waals surface area contributed by atoms with Crippen LogP contribution in [0.25, 0.3) is 0 Å². The fourth-order valence-electron chi connectivity index (χ4n) is 1.69. The molecule has 0 spiro atoms. The van der Waals surface area contributed by atoms with E-state index in [1.165, 1.54) is 4.90 Å². The molecule has 16 heavy (non-hydrogen) atoms. The van der Waals surface area contributed by atoms with E-state index in [4.69, 9.17) is 5.73 Å². The Balaban J connectivity index is 2.51. The lowest BCUT2D eigenvalue weighted by atomic mass is 10.2. The standard InChI is InChI=1S/C11H11BrN2O2/c1-6-4-7(12)9(5-8(6)13)14-10(15)2-3-11(14)16/h4-5H,2-3,13H2,1H3. The third kappa shape index (κ3) is 1.71. The topological polar surface area (TPSA) is 63.4 Å². The first-order valence-corrected chi connectivity index (χ1v) is 5.71. The number of rotatable bonds is 1. The van der Waals surface area contributed by atoms with Crippen molar-refractivity contribution in [3.05, 3.63) is 22.2 Å². The third-order valence-corrected chi connectivity index (χ3v) is 3.26. The lowest BCUT2D eigenvalue weighted by Crippen LogP contribution is -2.29. The molecule has 1 aromatic rings. The van der Waals surface area contributed by atoms with E-state index >= 15 is 0 Å². The van der Waals surface area contributed by atoms with Crippen LogP contribution in [0, 0.1) is 6.92 Å². The van der Waals surface area contributed by atoms with Gasteiger partial charge in [0.25, 0.3) is 0 Å². The van der Waals surface area contributed by atoms with Crippen molar-refractivity contribution in [3.63, 3.8) is 0 Å². The van der Waals surface area contributed by atoms with Crippen molar-refractivity contribution >= 4 is 39.1 Å². The Morgan fingerprint density at radius 1 is 1.25 bits per heavy atom.